The zero-order valence-corrected chi connectivity index (χ0v) is 12.0. The predicted molar refractivity (Wildman–Crippen MR) is 58.9 cm³/mol. The van der Waals surface area contributed by atoms with Crippen molar-refractivity contribution in [2.24, 2.45) is 0 Å². The van der Waals surface area contributed by atoms with Crippen molar-refractivity contribution in [3.63, 3.8) is 0 Å². The molecule has 3 nitrogen and oxygen atoms in total. The van der Waals surface area contributed by atoms with E-state index in [1.54, 1.807) is 6.20 Å². The van der Waals surface area contributed by atoms with Crippen LogP contribution in [0.15, 0.2) is 30.6 Å². The van der Waals surface area contributed by atoms with Crippen molar-refractivity contribution >= 4 is 0 Å². The van der Waals surface area contributed by atoms with Crippen molar-refractivity contribution in [1.29, 1.82) is 0 Å². The molecule has 0 saturated carbocycles. The summed E-state index contributed by atoms with van der Waals surface area (Å²) in [6.45, 7) is 6.45. The van der Waals surface area contributed by atoms with Gasteiger partial charge in [-0.15, -0.1) is 0 Å². The zero-order valence-electron chi connectivity index (χ0n) is 9.56. The molecule has 2 aromatic rings. The van der Waals surface area contributed by atoms with E-state index >= 15 is 0 Å². The van der Waals surface area contributed by atoms with E-state index in [-0.39, 0.29) is 25.5 Å². The molecule has 0 aliphatic heterocycles. The standard InChI is InChI=1S/C12H14N3.Ir/c1-12(2,3)10-8-13-9-15(10)11-6-4-5-7-14-11;/h4-8H,1-3H3;/q-1;. The van der Waals surface area contributed by atoms with Crippen molar-refractivity contribution in [2.45, 2.75) is 26.2 Å². The van der Waals surface area contributed by atoms with Crippen LogP contribution >= 0.6 is 0 Å². The minimum atomic E-state index is 0. The molecule has 2 rings (SSSR count). The van der Waals surface area contributed by atoms with E-state index in [9.17, 15) is 0 Å². The predicted octanol–water partition coefficient (Wildman–Crippen LogP) is 2.36. The number of hydrogen-bond donors (Lipinski definition) is 0. The van der Waals surface area contributed by atoms with Crippen LogP contribution in [0.25, 0.3) is 5.82 Å². The molecular weight excluding hydrogens is 378 g/mol. The SMILES string of the molecule is CC(C)(C)c1cn[c-]n1-c1ccccn1.[Ir]. The minimum Gasteiger partial charge on any atom is -0.415 e. The van der Waals surface area contributed by atoms with Crippen molar-refractivity contribution < 1.29 is 20.1 Å². The van der Waals surface area contributed by atoms with Gasteiger partial charge in [-0.05, 0) is 11.5 Å². The Balaban J connectivity index is 0.00000128. The number of imidazole rings is 1. The summed E-state index contributed by atoms with van der Waals surface area (Å²) in [5.74, 6) is 0.861. The average Bonchev–Trinajstić information content (AvgIpc) is 2.67. The summed E-state index contributed by atoms with van der Waals surface area (Å²) in [6.07, 6.45) is 6.55. The Kier molecular flexibility index (Phi) is 4.00. The molecule has 0 N–H and O–H groups in total. The Bertz CT molecular complexity index is 443. The van der Waals surface area contributed by atoms with Crippen LogP contribution in [0.4, 0.5) is 0 Å². The average molecular weight is 392 g/mol. The van der Waals surface area contributed by atoms with Gasteiger partial charge in [-0.1, -0.05) is 44.8 Å². The summed E-state index contributed by atoms with van der Waals surface area (Å²) in [5.41, 5.74) is 1.16. The van der Waals surface area contributed by atoms with E-state index in [0.717, 1.165) is 11.5 Å². The molecule has 2 aromatic heterocycles. The topological polar surface area (TPSA) is 30.7 Å². The number of rotatable bonds is 1. The molecule has 0 aliphatic rings. The Morgan fingerprint density at radius 3 is 2.56 bits per heavy atom. The van der Waals surface area contributed by atoms with Gasteiger partial charge in [-0.2, -0.15) is 0 Å². The summed E-state index contributed by atoms with van der Waals surface area (Å²) in [4.78, 5) is 8.35. The second-order valence-electron chi connectivity index (χ2n) is 4.52. The molecule has 0 aliphatic carbocycles. The number of hydrogen-bond acceptors (Lipinski definition) is 2. The summed E-state index contributed by atoms with van der Waals surface area (Å²) in [5, 5.41) is 0. The minimum absolute atomic E-state index is 0. The monoisotopic (exact) mass is 393 g/mol. The van der Waals surface area contributed by atoms with Crippen LogP contribution in [0, 0.1) is 6.33 Å². The molecule has 0 bridgehead atoms. The van der Waals surface area contributed by atoms with E-state index in [1.807, 2.05) is 29.0 Å². The third kappa shape index (κ3) is 2.57. The summed E-state index contributed by atoms with van der Waals surface area (Å²) >= 11 is 0. The van der Waals surface area contributed by atoms with E-state index in [4.69, 9.17) is 0 Å². The maximum atomic E-state index is 4.29. The number of aromatic nitrogens is 3. The molecule has 2 heterocycles. The molecule has 16 heavy (non-hydrogen) atoms. The third-order valence-corrected chi connectivity index (χ3v) is 2.23. The van der Waals surface area contributed by atoms with Crippen molar-refractivity contribution in [3.8, 4) is 5.82 Å². The summed E-state index contributed by atoms with van der Waals surface area (Å²) in [7, 11) is 0. The zero-order chi connectivity index (χ0) is 10.9. The van der Waals surface area contributed by atoms with Crippen LogP contribution < -0.4 is 0 Å². The molecule has 0 unspecified atom stereocenters. The van der Waals surface area contributed by atoms with Gasteiger partial charge in [0, 0.05) is 32.6 Å². The third-order valence-electron chi connectivity index (χ3n) is 2.23. The fraction of sp³-hybridized carbons (Fsp3) is 0.333. The van der Waals surface area contributed by atoms with Crippen LogP contribution in [-0.2, 0) is 25.5 Å². The van der Waals surface area contributed by atoms with Crippen LogP contribution in [0.2, 0.25) is 0 Å². The summed E-state index contributed by atoms with van der Waals surface area (Å²) in [6, 6.07) is 5.81. The van der Waals surface area contributed by atoms with Crippen molar-refractivity contribution in [3.05, 3.63) is 42.6 Å². The van der Waals surface area contributed by atoms with E-state index in [2.05, 4.69) is 37.1 Å². The van der Waals surface area contributed by atoms with Crippen LogP contribution in [0.3, 0.4) is 0 Å². The molecule has 0 spiro atoms. The van der Waals surface area contributed by atoms with E-state index < -0.39 is 0 Å². The van der Waals surface area contributed by atoms with Gasteiger partial charge >= 0.3 is 0 Å². The van der Waals surface area contributed by atoms with Gasteiger partial charge in [0.25, 0.3) is 0 Å². The maximum Gasteiger partial charge on any atom is 0.0549 e. The van der Waals surface area contributed by atoms with Crippen LogP contribution in [0.1, 0.15) is 26.5 Å². The normalized spacial score (nSPS) is 10.9. The molecule has 0 aromatic carbocycles. The number of nitrogens with zero attached hydrogens (tertiary/aromatic N) is 3. The molecule has 0 fully saturated rings. The second kappa shape index (κ2) is 4.89. The molecule has 0 saturated heterocycles. The Labute approximate surface area is 109 Å². The van der Waals surface area contributed by atoms with Gasteiger partial charge in [0.05, 0.1) is 5.82 Å². The molecule has 0 atom stereocenters. The van der Waals surface area contributed by atoms with Gasteiger partial charge in [0.15, 0.2) is 0 Å². The van der Waals surface area contributed by atoms with Crippen molar-refractivity contribution in [1.82, 2.24) is 14.5 Å². The first-order valence-corrected chi connectivity index (χ1v) is 4.96. The quantitative estimate of drug-likeness (QED) is 0.698. The fourth-order valence-electron chi connectivity index (χ4n) is 1.45. The molecule has 4 heteroatoms. The fourth-order valence-corrected chi connectivity index (χ4v) is 1.45. The molecule has 1 radical (unpaired) electrons. The molecule has 87 valence electrons. The summed E-state index contributed by atoms with van der Waals surface area (Å²) < 4.78 is 1.90. The van der Waals surface area contributed by atoms with Gasteiger partial charge in [-0.25, -0.2) is 0 Å². The van der Waals surface area contributed by atoms with Crippen molar-refractivity contribution in [2.75, 3.05) is 0 Å². The van der Waals surface area contributed by atoms with E-state index in [0.29, 0.717) is 0 Å². The smallest absolute Gasteiger partial charge is 0.0549 e. The maximum absolute atomic E-state index is 4.29. The number of pyridine rings is 1. The first-order valence-electron chi connectivity index (χ1n) is 4.96. The van der Waals surface area contributed by atoms with Crippen LogP contribution in [-0.4, -0.2) is 14.5 Å². The molecular formula is C12H14IrN3-. The Morgan fingerprint density at radius 1 is 1.25 bits per heavy atom. The van der Waals surface area contributed by atoms with Gasteiger partial charge in [0.2, 0.25) is 0 Å². The largest absolute Gasteiger partial charge is 0.415 e. The van der Waals surface area contributed by atoms with Gasteiger partial charge < -0.3 is 9.55 Å². The van der Waals surface area contributed by atoms with Crippen LogP contribution in [0.5, 0.6) is 0 Å². The Morgan fingerprint density at radius 2 is 2.00 bits per heavy atom. The Hall–Kier alpha value is -0.991. The molecule has 0 amide bonds. The van der Waals surface area contributed by atoms with Gasteiger partial charge in [-0.3, -0.25) is 4.98 Å². The van der Waals surface area contributed by atoms with Gasteiger partial charge in [0.1, 0.15) is 0 Å². The first-order chi connectivity index (χ1) is 7.09. The first kappa shape index (κ1) is 13.1. The second-order valence-corrected chi connectivity index (χ2v) is 4.52. The van der Waals surface area contributed by atoms with E-state index in [1.165, 1.54) is 0 Å².